The van der Waals surface area contributed by atoms with Gasteiger partial charge in [-0.2, -0.15) is 0 Å². The van der Waals surface area contributed by atoms with Gasteiger partial charge in [0.25, 0.3) is 5.91 Å². The van der Waals surface area contributed by atoms with E-state index < -0.39 is 29.6 Å². The van der Waals surface area contributed by atoms with Gasteiger partial charge in [-0.25, -0.2) is 9.69 Å². The molecule has 0 atom stereocenters. The molecular weight excluding hydrogens is 451 g/mol. The highest BCUT2D eigenvalue weighted by Gasteiger charge is 2.52. The molecule has 34 heavy (non-hydrogen) atoms. The number of halogens is 3. The van der Waals surface area contributed by atoms with Gasteiger partial charge in [0.2, 0.25) is 0 Å². The van der Waals surface area contributed by atoms with Crippen LogP contribution in [0.25, 0.3) is 0 Å². The largest absolute Gasteiger partial charge is 0.573 e. The predicted octanol–water partition coefficient (Wildman–Crippen LogP) is 5.52. The second kappa shape index (κ2) is 8.69. The summed E-state index contributed by atoms with van der Waals surface area (Å²) in [4.78, 5) is 32.8. The third-order valence-electron chi connectivity index (χ3n) is 5.32. The lowest BCUT2D eigenvalue weighted by molar-refractivity contribution is -0.274. The number of carbonyl (C=O) groups excluding carboxylic acids is 2. The van der Waals surface area contributed by atoms with Crippen LogP contribution in [0.2, 0.25) is 0 Å². The molecule has 2 heterocycles. The number of anilines is 1. The van der Waals surface area contributed by atoms with Gasteiger partial charge in [-0.3, -0.25) is 9.78 Å². The molecule has 0 bridgehead atoms. The van der Waals surface area contributed by atoms with Gasteiger partial charge in [0.1, 0.15) is 17.0 Å². The fraction of sp³-hybridized carbons (Fsp3) is 0.208. The smallest absolute Gasteiger partial charge is 0.455 e. The second-order valence-corrected chi connectivity index (χ2v) is 8.01. The number of rotatable bonds is 6. The van der Waals surface area contributed by atoms with Gasteiger partial charge >= 0.3 is 12.4 Å². The van der Waals surface area contributed by atoms with E-state index in [4.69, 9.17) is 4.74 Å². The number of pyridine rings is 1. The molecule has 3 aromatic rings. The minimum atomic E-state index is -4.84. The predicted molar refractivity (Wildman–Crippen MR) is 116 cm³/mol. The Balaban J connectivity index is 1.59. The highest BCUT2D eigenvalue weighted by molar-refractivity contribution is 6.22. The van der Waals surface area contributed by atoms with Crippen LogP contribution in [0, 0.1) is 0 Å². The van der Waals surface area contributed by atoms with Gasteiger partial charge < -0.3 is 14.4 Å². The van der Waals surface area contributed by atoms with Crippen LogP contribution in [0.5, 0.6) is 17.2 Å². The van der Waals surface area contributed by atoms with E-state index in [0.717, 1.165) is 17.0 Å². The molecule has 0 spiro atoms. The number of amides is 3. The summed E-state index contributed by atoms with van der Waals surface area (Å²) in [7, 11) is 0. The van der Waals surface area contributed by atoms with E-state index in [1.54, 1.807) is 38.2 Å². The normalized spacial score (nSPS) is 15.6. The fourth-order valence-electron chi connectivity index (χ4n) is 3.54. The minimum absolute atomic E-state index is 0.0496. The van der Waals surface area contributed by atoms with Crippen molar-refractivity contribution in [1.82, 2.24) is 9.88 Å². The van der Waals surface area contributed by atoms with Crippen molar-refractivity contribution >= 4 is 17.6 Å². The third kappa shape index (κ3) is 4.66. The molecule has 1 fully saturated rings. The maximum Gasteiger partial charge on any atom is 0.573 e. The van der Waals surface area contributed by atoms with Crippen molar-refractivity contribution in [3.63, 3.8) is 0 Å². The van der Waals surface area contributed by atoms with Gasteiger partial charge in [0, 0.05) is 11.8 Å². The number of ether oxygens (including phenoxy) is 2. The lowest BCUT2D eigenvalue weighted by atomic mass is 10.0. The summed E-state index contributed by atoms with van der Waals surface area (Å²) in [5, 5.41) is 0. The SMILES string of the molecule is CC1(C)C(=O)N(c2ccc(OC(F)(F)F)cc2)C(=O)N1Cc1ccncc1Oc1ccccc1. The van der Waals surface area contributed by atoms with E-state index in [0.29, 0.717) is 17.1 Å². The summed E-state index contributed by atoms with van der Waals surface area (Å²) in [5.41, 5.74) is -0.453. The van der Waals surface area contributed by atoms with Gasteiger partial charge in [-0.1, -0.05) is 18.2 Å². The Morgan fingerprint density at radius 2 is 1.62 bits per heavy atom. The molecule has 0 unspecified atom stereocenters. The number of urea groups is 1. The molecule has 0 saturated carbocycles. The Bertz CT molecular complexity index is 1200. The zero-order valence-corrected chi connectivity index (χ0v) is 18.2. The maximum absolute atomic E-state index is 13.3. The average molecular weight is 471 g/mol. The van der Waals surface area contributed by atoms with Crippen molar-refractivity contribution in [2.75, 3.05) is 4.90 Å². The highest BCUT2D eigenvalue weighted by Crippen LogP contribution is 2.36. The van der Waals surface area contributed by atoms with Crippen LogP contribution < -0.4 is 14.4 Å². The van der Waals surface area contributed by atoms with Gasteiger partial charge in [0.05, 0.1) is 18.4 Å². The fourth-order valence-corrected chi connectivity index (χ4v) is 3.54. The number of alkyl halides is 3. The third-order valence-corrected chi connectivity index (χ3v) is 5.32. The molecule has 10 heteroatoms. The molecule has 7 nitrogen and oxygen atoms in total. The zero-order chi connectivity index (χ0) is 24.5. The summed E-state index contributed by atoms with van der Waals surface area (Å²) in [5.74, 6) is 0.0481. The number of aromatic nitrogens is 1. The molecule has 0 N–H and O–H groups in total. The lowest BCUT2D eigenvalue weighted by Crippen LogP contribution is -2.43. The number of hydrogen-bond donors (Lipinski definition) is 0. The number of benzene rings is 2. The molecule has 1 aromatic heterocycles. The van der Waals surface area contributed by atoms with Crippen molar-refractivity contribution in [1.29, 1.82) is 0 Å². The number of hydrogen-bond acceptors (Lipinski definition) is 5. The summed E-state index contributed by atoms with van der Waals surface area (Å²) in [6.07, 6.45) is -1.77. The maximum atomic E-state index is 13.3. The van der Waals surface area contributed by atoms with Crippen LogP contribution in [0.15, 0.2) is 73.1 Å². The number of carbonyl (C=O) groups is 2. The molecule has 0 radical (unpaired) electrons. The van der Waals surface area contributed by atoms with E-state index in [9.17, 15) is 22.8 Å². The van der Waals surface area contributed by atoms with Crippen molar-refractivity contribution in [3.05, 3.63) is 78.6 Å². The van der Waals surface area contributed by atoms with Crippen LogP contribution in [-0.2, 0) is 11.3 Å². The average Bonchev–Trinajstić information content (AvgIpc) is 2.95. The Labute approximate surface area is 193 Å². The van der Waals surface area contributed by atoms with Gasteiger partial charge in [-0.05, 0) is 56.3 Å². The molecular formula is C24H20F3N3O4. The van der Waals surface area contributed by atoms with E-state index in [-0.39, 0.29) is 12.2 Å². The number of nitrogens with zero attached hydrogens (tertiary/aromatic N) is 3. The summed E-state index contributed by atoms with van der Waals surface area (Å²) < 4.78 is 47.1. The minimum Gasteiger partial charge on any atom is -0.455 e. The first kappa shape index (κ1) is 23.1. The molecule has 4 rings (SSSR count). The first-order valence-electron chi connectivity index (χ1n) is 10.2. The van der Waals surface area contributed by atoms with Crippen LogP contribution in [0.4, 0.5) is 23.7 Å². The van der Waals surface area contributed by atoms with Crippen molar-refractivity contribution in [2.24, 2.45) is 0 Å². The van der Waals surface area contributed by atoms with E-state index >= 15 is 0 Å². The Morgan fingerprint density at radius 3 is 2.26 bits per heavy atom. The molecule has 2 aromatic carbocycles. The van der Waals surface area contributed by atoms with E-state index in [1.165, 1.54) is 23.2 Å². The van der Waals surface area contributed by atoms with Crippen molar-refractivity contribution in [3.8, 4) is 17.2 Å². The Morgan fingerprint density at radius 1 is 0.941 bits per heavy atom. The molecule has 1 saturated heterocycles. The van der Waals surface area contributed by atoms with Crippen LogP contribution >= 0.6 is 0 Å². The van der Waals surface area contributed by atoms with E-state index in [1.807, 2.05) is 18.2 Å². The number of para-hydroxylation sites is 1. The summed E-state index contributed by atoms with van der Waals surface area (Å²) in [6, 6.07) is 14.7. The van der Waals surface area contributed by atoms with Crippen molar-refractivity contribution < 1.29 is 32.2 Å². The highest BCUT2D eigenvalue weighted by atomic mass is 19.4. The molecule has 1 aliphatic rings. The van der Waals surface area contributed by atoms with Gasteiger partial charge in [0.15, 0.2) is 5.75 Å². The first-order chi connectivity index (χ1) is 16.1. The first-order valence-corrected chi connectivity index (χ1v) is 10.2. The standard InChI is InChI=1S/C24H20F3N3O4/c1-23(2)21(31)30(17-8-10-19(11-9-17)34-24(25,26)27)22(32)29(23)15-16-12-13-28-14-20(16)33-18-6-4-3-5-7-18/h3-14H,15H2,1-2H3. The van der Waals surface area contributed by atoms with Gasteiger partial charge in [-0.15, -0.1) is 13.2 Å². The topological polar surface area (TPSA) is 72.0 Å². The number of imide groups is 1. The Kier molecular flexibility index (Phi) is 5.90. The monoisotopic (exact) mass is 471 g/mol. The Hall–Kier alpha value is -4.08. The van der Waals surface area contributed by atoms with E-state index in [2.05, 4.69) is 9.72 Å². The summed E-state index contributed by atoms with van der Waals surface area (Å²) >= 11 is 0. The van der Waals surface area contributed by atoms with Crippen LogP contribution in [0.3, 0.4) is 0 Å². The molecule has 1 aliphatic heterocycles. The van der Waals surface area contributed by atoms with Crippen LogP contribution in [-0.4, -0.2) is 33.7 Å². The lowest BCUT2D eigenvalue weighted by Gasteiger charge is -2.28. The second-order valence-electron chi connectivity index (χ2n) is 8.01. The molecule has 3 amide bonds. The van der Waals surface area contributed by atoms with Crippen molar-refractivity contribution in [2.45, 2.75) is 32.3 Å². The summed E-state index contributed by atoms with van der Waals surface area (Å²) in [6.45, 7) is 3.26. The molecule has 176 valence electrons. The molecule has 0 aliphatic carbocycles. The quantitative estimate of drug-likeness (QED) is 0.443. The zero-order valence-electron chi connectivity index (χ0n) is 18.2. The van der Waals surface area contributed by atoms with Crippen LogP contribution in [0.1, 0.15) is 19.4 Å².